The van der Waals surface area contributed by atoms with E-state index in [1.165, 1.54) is 6.20 Å². The number of carbonyl (C=O) groups is 2. The molecule has 7 heteroatoms. The Morgan fingerprint density at radius 1 is 1.19 bits per heavy atom. The van der Waals surface area contributed by atoms with E-state index in [4.69, 9.17) is 11.0 Å². The number of rotatable bonds is 1. The Bertz CT molecular complexity index is 873. The van der Waals surface area contributed by atoms with Crippen LogP contribution in [0.15, 0.2) is 36.5 Å². The first-order valence-electron chi connectivity index (χ1n) is 10.6. The van der Waals surface area contributed by atoms with E-state index in [-0.39, 0.29) is 11.8 Å². The molecule has 0 bridgehead atoms. The average Bonchev–Trinajstić information content (AvgIpc) is 2.81. The Morgan fingerprint density at radius 3 is 2.32 bits per heavy atom. The van der Waals surface area contributed by atoms with Crippen molar-refractivity contribution in [2.45, 2.75) is 48.0 Å². The van der Waals surface area contributed by atoms with Gasteiger partial charge in [-0.25, -0.2) is 4.98 Å². The quantitative estimate of drug-likeness (QED) is 0.712. The van der Waals surface area contributed by atoms with Gasteiger partial charge in [0.1, 0.15) is 11.9 Å². The van der Waals surface area contributed by atoms with Gasteiger partial charge in [-0.05, 0) is 48.2 Å². The van der Waals surface area contributed by atoms with Crippen LogP contribution in [-0.4, -0.2) is 30.4 Å². The van der Waals surface area contributed by atoms with Crippen molar-refractivity contribution in [3.05, 3.63) is 53.2 Å². The summed E-state index contributed by atoms with van der Waals surface area (Å²) in [6.45, 7) is 12.4. The molecule has 0 unspecified atom stereocenters. The minimum Gasteiger partial charge on any atom is -0.384 e. The maximum atomic E-state index is 11.6. The lowest BCUT2D eigenvalue weighted by Gasteiger charge is -2.32. The number of aromatic nitrogens is 1. The van der Waals surface area contributed by atoms with Crippen LogP contribution in [0.3, 0.4) is 0 Å². The van der Waals surface area contributed by atoms with Crippen LogP contribution in [0.4, 0.5) is 11.5 Å². The minimum atomic E-state index is -0.0922. The lowest BCUT2D eigenvalue weighted by atomic mass is 9.92. The van der Waals surface area contributed by atoms with Crippen LogP contribution in [-0.2, 0) is 11.2 Å². The van der Waals surface area contributed by atoms with E-state index in [1.54, 1.807) is 37.1 Å². The molecule has 0 saturated heterocycles. The minimum absolute atomic E-state index is 0.0514. The van der Waals surface area contributed by atoms with Gasteiger partial charge in [0, 0.05) is 38.0 Å². The van der Waals surface area contributed by atoms with E-state index in [0.717, 1.165) is 24.2 Å². The maximum absolute atomic E-state index is 11.6. The van der Waals surface area contributed by atoms with Gasteiger partial charge < -0.3 is 16.0 Å². The molecule has 0 fully saturated rings. The third kappa shape index (κ3) is 8.47. The zero-order chi connectivity index (χ0) is 24.0. The molecule has 1 aliphatic heterocycles. The van der Waals surface area contributed by atoms with Crippen LogP contribution >= 0.6 is 0 Å². The first-order valence-corrected chi connectivity index (χ1v) is 10.6. The van der Waals surface area contributed by atoms with E-state index in [2.05, 4.69) is 17.2 Å². The number of benzene rings is 1. The number of carbonyl (C=O) groups excluding carboxylic acids is 2. The highest BCUT2D eigenvalue weighted by molar-refractivity contribution is 5.97. The van der Waals surface area contributed by atoms with E-state index < -0.39 is 0 Å². The molecule has 2 aromatic rings. The van der Waals surface area contributed by atoms with Crippen LogP contribution in [0, 0.1) is 17.2 Å². The van der Waals surface area contributed by atoms with Gasteiger partial charge in [0.25, 0.3) is 5.91 Å². The van der Waals surface area contributed by atoms with Crippen molar-refractivity contribution in [2.24, 2.45) is 5.92 Å². The molecule has 0 spiro atoms. The molecule has 2 heterocycles. The zero-order valence-corrected chi connectivity index (χ0v) is 19.7. The van der Waals surface area contributed by atoms with Gasteiger partial charge >= 0.3 is 0 Å². The SMILES string of the molecule is CC.CC.CNC(=O)c1ccc2c(c1)C[C@@H](C)CN2C(C)=O.N#Cc1ccc(N)nc1. The Balaban J connectivity index is 0.000000582. The van der Waals surface area contributed by atoms with Gasteiger partial charge in [-0.3, -0.25) is 9.59 Å². The number of hydrogen-bond acceptors (Lipinski definition) is 5. The summed E-state index contributed by atoms with van der Waals surface area (Å²) in [5, 5.41) is 10.9. The number of anilines is 2. The fourth-order valence-electron chi connectivity index (χ4n) is 2.92. The van der Waals surface area contributed by atoms with E-state index in [9.17, 15) is 9.59 Å². The Labute approximate surface area is 186 Å². The predicted molar refractivity (Wildman–Crippen MR) is 127 cm³/mol. The summed E-state index contributed by atoms with van der Waals surface area (Å²) in [5.74, 6) is 0.816. The highest BCUT2D eigenvalue weighted by Crippen LogP contribution is 2.30. The Morgan fingerprint density at radius 2 is 1.84 bits per heavy atom. The normalized spacial score (nSPS) is 13.4. The third-order valence-electron chi connectivity index (χ3n) is 4.22. The maximum Gasteiger partial charge on any atom is 0.251 e. The summed E-state index contributed by atoms with van der Waals surface area (Å²) in [6, 6.07) is 10.7. The van der Waals surface area contributed by atoms with Gasteiger partial charge in [0.05, 0.1) is 5.56 Å². The molecular formula is C24H35N5O2. The number of nitrogen functional groups attached to an aromatic ring is 1. The molecule has 31 heavy (non-hydrogen) atoms. The number of nitriles is 1. The van der Waals surface area contributed by atoms with E-state index in [0.29, 0.717) is 22.9 Å². The summed E-state index contributed by atoms with van der Waals surface area (Å²) >= 11 is 0. The highest BCUT2D eigenvalue weighted by atomic mass is 16.2. The van der Waals surface area contributed by atoms with Crippen molar-refractivity contribution in [1.29, 1.82) is 5.26 Å². The first kappa shape index (κ1) is 27.6. The van der Waals surface area contributed by atoms with Crippen molar-refractivity contribution >= 4 is 23.3 Å². The average molecular weight is 426 g/mol. The van der Waals surface area contributed by atoms with Crippen molar-refractivity contribution < 1.29 is 9.59 Å². The predicted octanol–water partition coefficient (Wildman–Crippen LogP) is 4.18. The van der Waals surface area contributed by atoms with Gasteiger partial charge in [-0.2, -0.15) is 5.26 Å². The second kappa shape index (κ2) is 14.6. The molecule has 0 saturated carbocycles. The number of nitrogens with two attached hydrogens (primary N) is 1. The molecule has 3 rings (SSSR count). The van der Waals surface area contributed by atoms with Gasteiger partial charge in [-0.1, -0.05) is 34.6 Å². The largest absolute Gasteiger partial charge is 0.384 e. The van der Waals surface area contributed by atoms with Crippen LogP contribution in [0.25, 0.3) is 0 Å². The number of hydrogen-bond donors (Lipinski definition) is 2. The molecule has 2 amide bonds. The standard InChI is InChI=1S/C14H18N2O2.C6H5N3.2C2H6/c1-9-6-12-7-11(14(18)15-3)4-5-13(12)16(8-9)10(2)17;7-3-5-1-2-6(8)9-4-5;2*1-2/h4-5,7,9H,6,8H2,1-3H3,(H,15,18);1-2,4H,(H2,8,9);2*1-2H3/t9-;;;/m1.../s1. The molecule has 1 atom stereocenters. The smallest absolute Gasteiger partial charge is 0.251 e. The van der Waals surface area contributed by atoms with E-state index >= 15 is 0 Å². The second-order valence-corrected chi connectivity index (χ2v) is 6.45. The first-order chi connectivity index (χ1) is 14.8. The molecule has 1 aliphatic rings. The Kier molecular flexibility index (Phi) is 13.0. The van der Waals surface area contributed by atoms with Crippen molar-refractivity contribution in [3.63, 3.8) is 0 Å². The van der Waals surface area contributed by atoms with Crippen LogP contribution < -0.4 is 16.0 Å². The fraction of sp³-hybridized carbons (Fsp3) is 0.417. The van der Waals surface area contributed by atoms with Crippen molar-refractivity contribution in [3.8, 4) is 6.07 Å². The lowest BCUT2D eigenvalue weighted by molar-refractivity contribution is -0.116. The highest BCUT2D eigenvalue weighted by Gasteiger charge is 2.24. The summed E-state index contributed by atoms with van der Waals surface area (Å²) in [7, 11) is 1.62. The summed E-state index contributed by atoms with van der Waals surface area (Å²) in [6.07, 6.45) is 2.35. The Hall–Kier alpha value is -3.40. The van der Waals surface area contributed by atoms with Crippen LogP contribution in [0.2, 0.25) is 0 Å². The van der Waals surface area contributed by atoms with Gasteiger partial charge in [-0.15, -0.1) is 0 Å². The second-order valence-electron chi connectivity index (χ2n) is 6.45. The summed E-state index contributed by atoms with van der Waals surface area (Å²) in [5.41, 5.74) is 8.45. The molecule has 1 aromatic heterocycles. The zero-order valence-electron chi connectivity index (χ0n) is 19.7. The number of nitrogens with one attached hydrogen (secondary N) is 1. The van der Waals surface area contributed by atoms with Crippen LogP contribution in [0.5, 0.6) is 0 Å². The van der Waals surface area contributed by atoms with Gasteiger partial charge in [0.15, 0.2) is 0 Å². The van der Waals surface area contributed by atoms with Gasteiger partial charge in [0.2, 0.25) is 5.91 Å². The monoisotopic (exact) mass is 425 g/mol. The number of nitrogens with zero attached hydrogens (tertiary/aromatic N) is 3. The van der Waals surface area contributed by atoms with E-state index in [1.807, 2.05) is 45.9 Å². The fourth-order valence-corrected chi connectivity index (χ4v) is 2.92. The number of amides is 2. The molecular weight excluding hydrogens is 390 g/mol. The number of pyridine rings is 1. The van der Waals surface area contributed by atoms with Crippen LogP contribution in [0.1, 0.15) is 63.0 Å². The molecule has 0 radical (unpaired) electrons. The topological polar surface area (TPSA) is 112 Å². The molecule has 168 valence electrons. The number of fused-ring (bicyclic) bond motifs is 1. The molecule has 0 aliphatic carbocycles. The third-order valence-corrected chi connectivity index (χ3v) is 4.22. The molecule has 7 nitrogen and oxygen atoms in total. The summed E-state index contributed by atoms with van der Waals surface area (Å²) < 4.78 is 0. The summed E-state index contributed by atoms with van der Waals surface area (Å²) in [4.78, 5) is 28.7. The lowest BCUT2D eigenvalue weighted by Crippen LogP contribution is -2.37. The molecule has 3 N–H and O–H groups in total. The molecule has 1 aromatic carbocycles. The van der Waals surface area contributed by atoms with Crippen molar-refractivity contribution in [2.75, 3.05) is 24.2 Å². The van der Waals surface area contributed by atoms with Crippen molar-refractivity contribution in [1.82, 2.24) is 10.3 Å².